The number of anilines is 1. The summed E-state index contributed by atoms with van der Waals surface area (Å²) >= 11 is 3.29. The Hall–Kier alpha value is -2.45. The lowest BCUT2D eigenvalue weighted by atomic mass is 10.2. The van der Waals surface area contributed by atoms with Crippen molar-refractivity contribution in [1.29, 1.82) is 0 Å². The van der Waals surface area contributed by atoms with Crippen LogP contribution >= 0.6 is 22.7 Å². The van der Waals surface area contributed by atoms with Crippen molar-refractivity contribution in [3.8, 4) is 15.6 Å². The van der Waals surface area contributed by atoms with Crippen molar-refractivity contribution in [2.45, 2.75) is 26.2 Å². The van der Waals surface area contributed by atoms with Crippen LogP contribution in [-0.4, -0.2) is 53.8 Å². The van der Waals surface area contributed by atoms with Gasteiger partial charge in [0.1, 0.15) is 5.75 Å². The smallest absolute Gasteiger partial charge is 0.222 e. The number of piperazine rings is 1. The number of carbonyl (C=O) groups is 1. The number of hydrogen-bond acceptors (Lipinski definition) is 7. The minimum Gasteiger partial charge on any atom is -0.494 e. The predicted molar refractivity (Wildman–Crippen MR) is 123 cm³/mol. The standard InChI is InChI=1S/C22H26N4O2S2/c1-2-17-7-9-18(10-8-17)28-15-3-6-20(27)25-11-13-26(14-12-25)22-24-23-21(30-22)19-5-4-16-29-19/h4-5,7-10,16H,2-3,6,11-15H2,1H3. The molecule has 1 saturated heterocycles. The van der Waals surface area contributed by atoms with E-state index in [9.17, 15) is 4.79 Å². The van der Waals surface area contributed by atoms with Gasteiger partial charge in [0.15, 0.2) is 5.01 Å². The molecule has 0 radical (unpaired) electrons. The average molecular weight is 443 g/mol. The van der Waals surface area contributed by atoms with Crippen LogP contribution in [0, 0.1) is 0 Å². The van der Waals surface area contributed by atoms with Gasteiger partial charge in [0.25, 0.3) is 0 Å². The number of rotatable bonds is 8. The summed E-state index contributed by atoms with van der Waals surface area (Å²) < 4.78 is 5.76. The molecule has 6 nitrogen and oxygen atoms in total. The first-order chi connectivity index (χ1) is 14.7. The van der Waals surface area contributed by atoms with E-state index in [0.717, 1.165) is 59.8 Å². The van der Waals surface area contributed by atoms with Crippen LogP contribution in [0.3, 0.4) is 0 Å². The summed E-state index contributed by atoms with van der Waals surface area (Å²) in [6.45, 7) is 5.75. The molecule has 0 aliphatic carbocycles. The molecule has 0 N–H and O–H groups in total. The first-order valence-electron chi connectivity index (χ1n) is 10.3. The van der Waals surface area contributed by atoms with Crippen molar-refractivity contribution < 1.29 is 9.53 Å². The lowest BCUT2D eigenvalue weighted by molar-refractivity contribution is -0.131. The maximum atomic E-state index is 12.5. The van der Waals surface area contributed by atoms with Crippen LogP contribution in [0.5, 0.6) is 5.75 Å². The third-order valence-electron chi connectivity index (χ3n) is 5.18. The van der Waals surface area contributed by atoms with E-state index >= 15 is 0 Å². The minimum absolute atomic E-state index is 0.205. The number of carbonyl (C=O) groups excluding carboxylic acids is 1. The lowest BCUT2D eigenvalue weighted by Crippen LogP contribution is -2.48. The zero-order valence-corrected chi connectivity index (χ0v) is 18.8. The second kappa shape index (κ2) is 10.0. The second-order valence-electron chi connectivity index (χ2n) is 7.18. The van der Waals surface area contributed by atoms with Gasteiger partial charge in [-0.1, -0.05) is 36.5 Å². The molecule has 30 heavy (non-hydrogen) atoms. The quantitative estimate of drug-likeness (QED) is 0.486. The predicted octanol–water partition coefficient (Wildman–Crippen LogP) is 4.34. The van der Waals surface area contributed by atoms with Crippen LogP contribution in [0.2, 0.25) is 0 Å². The number of thiophene rings is 1. The van der Waals surface area contributed by atoms with Gasteiger partial charge in [-0.3, -0.25) is 4.79 Å². The maximum absolute atomic E-state index is 12.5. The van der Waals surface area contributed by atoms with Gasteiger partial charge >= 0.3 is 0 Å². The summed E-state index contributed by atoms with van der Waals surface area (Å²) in [5.74, 6) is 1.07. The second-order valence-corrected chi connectivity index (χ2v) is 9.09. The van der Waals surface area contributed by atoms with E-state index in [1.165, 1.54) is 5.56 Å². The third-order valence-corrected chi connectivity index (χ3v) is 7.21. The van der Waals surface area contributed by atoms with E-state index in [-0.39, 0.29) is 5.91 Å². The number of hydrogen-bond donors (Lipinski definition) is 0. The van der Waals surface area contributed by atoms with E-state index in [4.69, 9.17) is 4.74 Å². The van der Waals surface area contributed by atoms with Gasteiger partial charge in [-0.05, 0) is 42.0 Å². The lowest BCUT2D eigenvalue weighted by Gasteiger charge is -2.34. The van der Waals surface area contributed by atoms with E-state index in [1.54, 1.807) is 22.7 Å². The van der Waals surface area contributed by atoms with Crippen molar-refractivity contribution in [3.63, 3.8) is 0 Å². The summed E-state index contributed by atoms with van der Waals surface area (Å²) in [6.07, 6.45) is 2.28. The molecule has 1 fully saturated rings. The monoisotopic (exact) mass is 442 g/mol. The number of amides is 1. The van der Waals surface area contributed by atoms with Crippen LogP contribution in [0.15, 0.2) is 41.8 Å². The van der Waals surface area contributed by atoms with E-state index in [2.05, 4.69) is 40.2 Å². The van der Waals surface area contributed by atoms with Gasteiger partial charge < -0.3 is 14.5 Å². The molecule has 2 aromatic heterocycles. The van der Waals surface area contributed by atoms with Crippen molar-refractivity contribution in [3.05, 3.63) is 47.3 Å². The molecule has 0 bridgehead atoms. The van der Waals surface area contributed by atoms with Gasteiger partial charge in [-0.25, -0.2) is 0 Å². The highest BCUT2D eigenvalue weighted by Gasteiger charge is 2.23. The highest BCUT2D eigenvalue weighted by Crippen LogP contribution is 2.31. The van der Waals surface area contributed by atoms with Crippen molar-refractivity contribution in [2.24, 2.45) is 0 Å². The van der Waals surface area contributed by atoms with Gasteiger partial charge in [-0.2, -0.15) is 0 Å². The first-order valence-corrected chi connectivity index (χ1v) is 12.0. The fourth-order valence-corrected chi connectivity index (χ4v) is 5.07. The Kier molecular flexibility index (Phi) is 6.96. The molecule has 1 aliphatic rings. The Bertz CT molecular complexity index is 932. The molecule has 3 aromatic rings. The van der Waals surface area contributed by atoms with Crippen LogP contribution in [-0.2, 0) is 11.2 Å². The summed E-state index contributed by atoms with van der Waals surface area (Å²) in [6, 6.07) is 12.3. The number of nitrogens with zero attached hydrogens (tertiary/aromatic N) is 4. The molecule has 0 saturated carbocycles. The van der Waals surface area contributed by atoms with E-state index < -0.39 is 0 Å². The van der Waals surface area contributed by atoms with Crippen LogP contribution in [0.1, 0.15) is 25.3 Å². The van der Waals surface area contributed by atoms with Gasteiger partial charge in [0, 0.05) is 32.6 Å². The number of ether oxygens (including phenoxy) is 1. The Morgan fingerprint density at radius 2 is 1.90 bits per heavy atom. The van der Waals surface area contributed by atoms with Crippen LogP contribution in [0.4, 0.5) is 5.13 Å². The van der Waals surface area contributed by atoms with Crippen molar-refractivity contribution in [1.82, 2.24) is 15.1 Å². The summed E-state index contributed by atoms with van der Waals surface area (Å²) in [5.41, 5.74) is 1.30. The minimum atomic E-state index is 0.205. The maximum Gasteiger partial charge on any atom is 0.222 e. The Balaban J connectivity index is 1.18. The number of benzene rings is 1. The molecule has 0 atom stereocenters. The van der Waals surface area contributed by atoms with Gasteiger partial charge in [0.2, 0.25) is 11.0 Å². The zero-order chi connectivity index (χ0) is 20.8. The molecular weight excluding hydrogens is 416 g/mol. The summed E-state index contributed by atoms with van der Waals surface area (Å²) in [4.78, 5) is 17.8. The normalized spacial score (nSPS) is 14.2. The molecule has 158 valence electrons. The highest BCUT2D eigenvalue weighted by atomic mass is 32.1. The van der Waals surface area contributed by atoms with Crippen molar-refractivity contribution in [2.75, 3.05) is 37.7 Å². The van der Waals surface area contributed by atoms with E-state index in [1.807, 2.05) is 28.5 Å². The molecule has 0 unspecified atom stereocenters. The fraction of sp³-hybridized carbons (Fsp3) is 0.409. The molecule has 3 heterocycles. The summed E-state index contributed by atoms with van der Waals surface area (Å²) in [5, 5.41) is 12.6. The van der Waals surface area contributed by atoms with E-state index in [0.29, 0.717) is 13.0 Å². The average Bonchev–Trinajstić information content (AvgIpc) is 3.49. The molecular formula is C22H26N4O2S2. The fourth-order valence-electron chi connectivity index (χ4n) is 3.38. The molecule has 1 aromatic carbocycles. The van der Waals surface area contributed by atoms with Crippen LogP contribution < -0.4 is 9.64 Å². The molecule has 8 heteroatoms. The largest absolute Gasteiger partial charge is 0.494 e. The Morgan fingerprint density at radius 3 is 2.60 bits per heavy atom. The van der Waals surface area contributed by atoms with Gasteiger partial charge in [-0.15, -0.1) is 21.5 Å². The number of aryl methyl sites for hydroxylation is 1. The SMILES string of the molecule is CCc1ccc(OCCCC(=O)N2CCN(c3nnc(-c4cccs4)s3)CC2)cc1. The van der Waals surface area contributed by atoms with Gasteiger partial charge in [0.05, 0.1) is 11.5 Å². The summed E-state index contributed by atoms with van der Waals surface area (Å²) in [7, 11) is 0. The van der Waals surface area contributed by atoms with Crippen molar-refractivity contribution >= 4 is 33.7 Å². The first kappa shape index (κ1) is 20.8. The molecule has 0 spiro atoms. The molecule has 4 rings (SSSR count). The highest BCUT2D eigenvalue weighted by molar-refractivity contribution is 7.22. The third kappa shape index (κ3) is 5.17. The Labute approximate surface area is 185 Å². The Morgan fingerprint density at radius 1 is 1.10 bits per heavy atom. The zero-order valence-electron chi connectivity index (χ0n) is 17.1. The topological polar surface area (TPSA) is 58.6 Å². The molecule has 1 amide bonds. The molecule has 1 aliphatic heterocycles. The number of aromatic nitrogens is 2. The van der Waals surface area contributed by atoms with Crippen LogP contribution in [0.25, 0.3) is 9.88 Å².